The number of hydrogen-bond acceptors (Lipinski definition) is 4. The van der Waals surface area contributed by atoms with Crippen LogP contribution in [0.15, 0.2) is 52.4 Å². The van der Waals surface area contributed by atoms with Crippen molar-refractivity contribution >= 4 is 35.0 Å². The molecular weight excluding hydrogens is 353 g/mol. The molecule has 0 bridgehead atoms. The van der Waals surface area contributed by atoms with E-state index in [1.54, 1.807) is 23.0 Å². The number of rotatable bonds is 4. The van der Waals surface area contributed by atoms with Crippen LogP contribution in [0.2, 0.25) is 10.0 Å². The Hall–Kier alpha value is -1.69. The van der Waals surface area contributed by atoms with Gasteiger partial charge in [-0.25, -0.2) is 9.67 Å². The minimum atomic E-state index is 0.457. The first-order valence-electron chi connectivity index (χ1n) is 6.80. The first kappa shape index (κ1) is 16.2. The minimum Gasteiger partial charge on any atom is -0.420 e. The fraction of sp³-hybridized carbons (Fsp3) is 0.125. The maximum Gasteiger partial charge on any atom is 0.234 e. The SMILES string of the molecule is Cc1nn(C)c(Oc2ccc(Cl)cn2)c1Sc1ccccc1Cl. The van der Waals surface area contributed by atoms with Crippen LogP contribution in [0.3, 0.4) is 0 Å². The quantitative estimate of drug-likeness (QED) is 0.622. The van der Waals surface area contributed by atoms with E-state index in [1.807, 2.05) is 38.2 Å². The van der Waals surface area contributed by atoms with Gasteiger partial charge in [-0.2, -0.15) is 5.10 Å². The second-order valence-corrected chi connectivity index (χ2v) is 6.69. The maximum absolute atomic E-state index is 6.25. The summed E-state index contributed by atoms with van der Waals surface area (Å²) in [5.74, 6) is 1.07. The normalized spacial score (nSPS) is 10.8. The summed E-state index contributed by atoms with van der Waals surface area (Å²) < 4.78 is 7.58. The van der Waals surface area contributed by atoms with Crippen LogP contribution in [-0.2, 0) is 7.05 Å². The number of aromatic nitrogens is 3. The molecule has 0 unspecified atom stereocenters. The third-order valence-corrected chi connectivity index (χ3v) is 4.98. The van der Waals surface area contributed by atoms with Crippen LogP contribution in [-0.4, -0.2) is 14.8 Å². The summed E-state index contributed by atoms with van der Waals surface area (Å²) >= 11 is 13.6. The van der Waals surface area contributed by atoms with Crippen LogP contribution in [0.25, 0.3) is 0 Å². The van der Waals surface area contributed by atoms with Crippen LogP contribution in [0, 0.1) is 6.92 Å². The minimum absolute atomic E-state index is 0.457. The van der Waals surface area contributed by atoms with Gasteiger partial charge < -0.3 is 4.74 Å². The van der Waals surface area contributed by atoms with Gasteiger partial charge in [-0.15, -0.1) is 0 Å². The molecule has 0 fully saturated rings. The van der Waals surface area contributed by atoms with Crippen molar-refractivity contribution in [2.24, 2.45) is 7.05 Å². The number of halogens is 2. The van der Waals surface area contributed by atoms with Crippen LogP contribution >= 0.6 is 35.0 Å². The fourth-order valence-electron chi connectivity index (χ4n) is 2.01. The second-order valence-electron chi connectivity index (χ2n) is 4.79. The van der Waals surface area contributed by atoms with Crippen LogP contribution in [0.4, 0.5) is 0 Å². The average Bonchev–Trinajstić information content (AvgIpc) is 2.78. The smallest absolute Gasteiger partial charge is 0.234 e. The highest BCUT2D eigenvalue weighted by molar-refractivity contribution is 7.99. The Balaban J connectivity index is 1.94. The molecule has 0 aliphatic heterocycles. The summed E-state index contributed by atoms with van der Waals surface area (Å²) in [6.07, 6.45) is 1.54. The Morgan fingerprint density at radius 3 is 2.61 bits per heavy atom. The Bertz CT molecular complexity index is 834. The third kappa shape index (κ3) is 3.63. The molecule has 0 aliphatic carbocycles. The predicted octanol–water partition coefficient (Wildman–Crippen LogP) is 5.37. The van der Waals surface area contributed by atoms with Crippen LogP contribution in [0.1, 0.15) is 5.69 Å². The number of nitrogens with zero attached hydrogens (tertiary/aromatic N) is 3. The molecule has 0 saturated carbocycles. The molecule has 2 aromatic heterocycles. The molecule has 0 spiro atoms. The van der Waals surface area contributed by atoms with Crippen molar-refractivity contribution in [3.05, 3.63) is 58.3 Å². The van der Waals surface area contributed by atoms with E-state index in [0.29, 0.717) is 21.8 Å². The Labute approximate surface area is 148 Å². The van der Waals surface area contributed by atoms with E-state index in [2.05, 4.69) is 10.1 Å². The second kappa shape index (κ2) is 6.83. The molecule has 0 saturated heterocycles. The molecule has 1 aromatic carbocycles. The zero-order valence-corrected chi connectivity index (χ0v) is 14.8. The fourth-order valence-corrected chi connectivity index (χ4v) is 3.35. The number of aryl methyl sites for hydroxylation is 2. The third-order valence-electron chi connectivity index (χ3n) is 3.07. The molecule has 3 rings (SSSR count). The largest absolute Gasteiger partial charge is 0.420 e. The summed E-state index contributed by atoms with van der Waals surface area (Å²) in [7, 11) is 1.83. The molecular formula is C16H13Cl2N3OS. The van der Waals surface area contributed by atoms with E-state index in [1.165, 1.54) is 11.8 Å². The highest BCUT2D eigenvalue weighted by atomic mass is 35.5. The van der Waals surface area contributed by atoms with E-state index < -0.39 is 0 Å². The maximum atomic E-state index is 6.25. The monoisotopic (exact) mass is 365 g/mol. The van der Waals surface area contributed by atoms with Crippen LogP contribution < -0.4 is 4.74 Å². The lowest BCUT2D eigenvalue weighted by atomic mass is 10.4. The lowest BCUT2D eigenvalue weighted by Gasteiger charge is -2.08. The van der Waals surface area contributed by atoms with Crippen molar-refractivity contribution in [3.8, 4) is 11.8 Å². The van der Waals surface area contributed by atoms with Crippen molar-refractivity contribution in [2.75, 3.05) is 0 Å². The van der Waals surface area contributed by atoms with E-state index in [9.17, 15) is 0 Å². The van der Waals surface area contributed by atoms with E-state index in [-0.39, 0.29) is 0 Å². The molecule has 0 radical (unpaired) electrons. The first-order chi connectivity index (χ1) is 11.0. The van der Waals surface area contributed by atoms with Crippen molar-refractivity contribution in [1.82, 2.24) is 14.8 Å². The van der Waals surface area contributed by atoms with E-state index in [4.69, 9.17) is 27.9 Å². The molecule has 2 heterocycles. The molecule has 0 atom stereocenters. The van der Waals surface area contributed by atoms with Gasteiger partial charge in [-0.1, -0.05) is 47.1 Å². The number of ether oxygens (including phenoxy) is 1. The van der Waals surface area contributed by atoms with Gasteiger partial charge >= 0.3 is 0 Å². The molecule has 118 valence electrons. The number of benzene rings is 1. The topological polar surface area (TPSA) is 39.9 Å². The van der Waals surface area contributed by atoms with Gasteiger partial charge in [-0.05, 0) is 25.1 Å². The zero-order valence-electron chi connectivity index (χ0n) is 12.5. The van der Waals surface area contributed by atoms with Crippen molar-refractivity contribution < 1.29 is 4.74 Å². The first-order valence-corrected chi connectivity index (χ1v) is 8.37. The lowest BCUT2D eigenvalue weighted by molar-refractivity contribution is 0.407. The predicted molar refractivity (Wildman–Crippen MR) is 92.8 cm³/mol. The van der Waals surface area contributed by atoms with E-state index >= 15 is 0 Å². The van der Waals surface area contributed by atoms with Crippen LogP contribution in [0.5, 0.6) is 11.8 Å². The molecule has 0 amide bonds. The molecule has 0 N–H and O–H groups in total. The van der Waals surface area contributed by atoms with E-state index in [0.717, 1.165) is 15.5 Å². The highest BCUT2D eigenvalue weighted by Crippen LogP contribution is 2.41. The van der Waals surface area contributed by atoms with Crippen molar-refractivity contribution in [1.29, 1.82) is 0 Å². The van der Waals surface area contributed by atoms with Gasteiger partial charge in [0, 0.05) is 24.2 Å². The molecule has 23 heavy (non-hydrogen) atoms. The van der Waals surface area contributed by atoms with Gasteiger partial charge in [0.25, 0.3) is 0 Å². The summed E-state index contributed by atoms with van der Waals surface area (Å²) in [4.78, 5) is 6.00. The molecule has 3 aromatic rings. The van der Waals surface area contributed by atoms with Gasteiger partial charge in [-0.3, -0.25) is 0 Å². The highest BCUT2D eigenvalue weighted by Gasteiger charge is 2.18. The number of pyridine rings is 1. The summed E-state index contributed by atoms with van der Waals surface area (Å²) in [5, 5.41) is 5.67. The van der Waals surface area contributed by atoms with Gasteiger partial charge in [0.15, 0.2) is 0 Å². The Morgan fingerprint density at radius 2 is 1.91 bits per heavy atom. The summed E-state index contributed by atoms with van der Waals surface area (Å²) in [6, 6.07) is 11.1. The summed E-state index contributed by atoms with van der Waals surface area (Å²) in [6.45, 7) is 1.93. The van der Waals surface area contributed by atoms with Crippen molar-refractivity contribution in [2.45, 2.75) is 16.7 Å². The molecule has 7 heteroatoms. The summed E-state index contributed by atoms with van der Waals surface area (Å²) in [5.41, 5.74) is 0.862. The van der Waals surface area contributed by atoms with Crippen molar-refractivity contribution in [3.63, 3.8) is 0 Å². The Kier molecular flexibility index (Phi) is 4.80. The zero-order chi connectivity index (χ0) is 16.4. The average molecular weight is 366 g/mol. The van der Waals surface area contributed by atoms with Gasteiger partial charge in [0.2, 0.25) is 11.8 Å². The van der Waals surface area contributed by atoms with Gasteiger partial charge in [0.05, 0.1) is 20.6 Å². The molecule has 0 aliphatic rings. The lowest BCUT2D eigenvalue weighted by Crippen LogP contribution is -1.96. The standard InChI is InChI=1S/C16H13Cl2N3OS/c1-10-15(23-13-6-4-3-5-12(13)18)16(21(2)20-10)22-14-8-7-11(17)9-19-14/h3-9H,1-2H3. The number of hydrogen-bond donors (Lipinski definition) is 0. The van der Waals surface area contributed by atoms with Gasteiger partial charge in [0.1, 0.15) is 0 Å². The molecule has 4 nitrogen and oxygen atoms in total. The Morgan fingerprint density at radius 1 is 1.13 bits per heavy atom.